The quantitative estimate of drug-likeness (QED) is 0.623. The fraction of sp³-hybridized carbons (Fsp3) is 0.429. The van der Waals surface area contributed by atoms with Gasteiger partial charge in [0, 0.05) is 61.1 Å². The van der Waals surface area contributed by atoms with Crippen molar-refractivity contribution in [3.63, 3.8) is 0 Å². The standard InChI is InChI=1S/C21H26N6O2S/c1-4-26-13-21(16(3)25-26)30(28,29)27-7-5-17(6-8-27)20-10-18(9-15(2)24-20)19-11-22-14-23-12-19/h9-14,17H,4-8H2,1-3H3. The van der Waals surface area contributed by atoms with Crippen molar-refractivity contribution in [2.45, 2.75) is 51.0 Å². The molecule has 4 rings (SSSR count). The van der Waals surface area contributed by atoms with Gasteiger partial charge in [-0.15, -0.1) is 0 Å². The summed E-state index contributed by atoms with van der Waals surface area (Å²) in [6, 6.07) is 4.10. The third kappa shape index (κ3) is 3.99. The first kappa shape index (κ1) is 20.6. The number of rotatable bonds is 5. The summed E-state index contributed by atoms with van der Waals surface area (Å²) in [7, 11) is -3.53. The van der Waals surface area contributed by atoms with Crippen LogP contribution in [0.1, 0.15) is 42.8 Å². The minimum atomic E-state index is -3.53. The van der Waals surface area contributed by atoms with Crippen molar-refractivity contribution in [1.29, 1.82) is 0 Å². The Balaban J connectivity index is 1.52. The molecular formula is C21H26N6O2S. The molecule has 9 heteroatoms. The highest BCUT2D eigenvalue weighted by Crippen LogP contribution is 2.32. The zero-order valence-corrected chi connectivity index (χ0v) is 18.3. The maximum Gasteiger partial charge on any atom is 0.246 e. The van der Waals surface area contributed by atoms with E-state index in [1.54, 1.807) is 34.5 Å². The van der Waals surface area contributed by atoms with Gasteiger partial charge >= 0.3 is 0 Å². The van der Waals surface area contributed by atoms with Crippen molar-refractivity contribution in [2.24, 2.45) is 0 Å². The van der Waals surface area contributed by atoms with Gasteiger partial charge < -0.3 is 0 Å². The molecule has 0 saturated carbocycles. The van der Waals surface area contributed by atoms with Crippen LogP contribution in [0.25, 0.3) is 11.1 Å². The van der Waals surface area contributed by atoms with Crippen molar-refractivity contribution in [3.8, 4) is 11.1 Å². The summed E-state index contributed by atoms with van der Waals surface area (Å²) in [4.78, 5) is 13.2. The molecule has 0 radical (unpaired) electrons. The van der Waals surface area contributed by atoms with Crippen LogP contribution >= 0.6 is 0 Å². The van der Waals surface area contributed by atoms with Crippen LogP contribution < -0.4 is 0 Å². The largest absolute Gasteiger partial charge is 0.271 e. The topological polar surface area (TPSA) is 93.9 Å². The van der Waals surface area contributed by atoms with Crippen LogP contribution in [0.4, 0.5) is 0 Å². The molecule has 30 heavy (non-hydrogen) atoms. The molecule has 158 valence electrons. The van der Waals surface area contributed by atoms with Crippen LogP contribution in [-0.4, -0.2) is 50.5 Å². The van der Waals surface area contributed by atoms with E-state index in [2.05, 4.69) is 21.1 Å². The first-order valence-corrected chi connectivity index (χ1v) is 11.6. The van der Waals surface area contributed by atoms with E-state index in [9.17, 15) is 8.42 Å². The molecule has 4 heterocycles. The van der Waals surface area contributed by atoms with E-state index >= 15 is 0 Å². The van der Waals surface area contributed by atoms with Crippen LogP contribution in [-0.2, 0) is 16.6 Å². The fourth-order valence-corrected chi connectivity index (χ4v) is 5.60. The van der Waals surface area contributed by atoms with E-state index in [4.69, 9.17) is 4.98 Å². The van der Waals surface area contributed by atoms with E-state index in [0.717, 1.165) is 35.4 Å². The third-order valence-corrected chi connectivity index (χ3v) is 7.58. The van der Waals surface area contributed by atoms with Crippen molar-refractivity contribution >= 4 is 10.0 Å². The Morgan fingerprint density at radius 3 is 2.40 bits per heavy atom. The lowest BCUT2D eigenvalue weighted by Crippen LogP contribution is -2.38. The molecule has 0 aliphatic carbocycles. The molecule has 0 unspecified atom stereocenters. The molecule has 1 aliphatic rings. The second kappa shape index (κ2) is 8.23. The Morgan fingerprint density at radius 1 is 1.07 bits per heavy atom. The fourth-order valence-electron chi connectivity index (χ4n) is 3.96. The van der Waals surface area contributed by atoms with E-state index in [-0.39, 0.29) is 5.92 Å². The van der Waals surface area contributed by atoms with Crippen molar-refractivity contribution in [2.75, 3.05) is 13.1 Å². The average Bonchev–Trinajstić information content (AvgIpc) is 3.16. The number of nitrogens with zero attached hydrogens (tertiary/aromatic N) is 6. The van der Waals surface area contributed by atoms with Gasteiger partial charge in [-0.2, -0.15) is 9.40 Å². The predicted molar refractivity (Wildman–Crippen MR) is 113 cm³/mol. The van der Waals surface area contributed by atoms with Crippen molar-refractivity contribution < 1.29 is 8.42 Å². The van der Waals surface area contributed by atoms with E-state index in [0.29, 0.717) is 30.2 Å². The van der Waals surface area contributed by atoms with Gasteiger partial charge in [0.1, 0.15) is 11.2 Å². The van der Waals surface area contributed by atoms with Crippen LogP contribution in [0.2, 0.25) is 0 Å². The third-order valence-electron chi connectivity index (χ3n) is 5.58. The number of aromatic nitrogens is 5. The van der Waals surface area contributed by atoms with E-state index in [1.165, 1.54) is 6.33 Å². The van der Waals surface area contributed by atoms with Crippen LogP contribution in [0.3, 0.4) is 0 Å². The Morgan fingerprint density at radius 2 is 1.77 bits per heavy atom. The molecule has 8 nitrogen and oxygen atoms in total. The Labute approximate surface area is 177 Å². The molecule has 1 aliphatic heterocycles. The number of aryl methyl sites for hydroxylation is 3. The van der Waals surface area contributed by atoms with Crippen molar-refractivity contribution in [3.05, 3.63) is 54.1 Å². The SMILES string of the molecule is CCn1cc(S(=O)(=O)N2CCC(c3cc(-c4cncnc4)cc(C)n3)CC2)c(C)n1. The molecule has 0 atom stereocenters. The lowest BCUT2D eigenvalue weighted by molar-refractivity contribution is 0.316. The first-order valence-electron chi connectivity index (χ1n) is 10.2. The van der Waals surface area contributed by atoms with Crippen LogP contribution in [0, 0.1) is 13.8 Å². The minimum Gasteiger partial charge on any atom is -0.271 e. The molecule has 0 amide bonds. The highest BCUT2D eigenvalue weighted by Gasteiger charge is 2.32. The lowest BCUT2D eigenvalue weighted by atomic mass is 9.92. The highest BCUT2D eigenvalue weighted by atomic mass is 32.2. The monoisotopic (exact) mass is 426 g/mol. The number of hydrogen-bond donors (Lipinski definition) is 0. The average molecular weight is 427 g/mol. The van der Waals surface area contributed by atoms with E-state index in [1.807, 2.05) is 19.9 Å². The summed E-state index contributed by atoms with van der Waals surface area (Å²) in [6.07, 6.45) is 8.20. The summed E-state index contributed by atoms with van der Waals surface area (Å²) >= 11 is 0. The van der Waals surface area contributed by atoms with Gasteiger partial charge in [-0.1, -0.05) is 0 Å². The molecule has 1 saturated heterocycles. The van der Waals surface area contributed by atoms with Gasteiger partial charge in [0.25, 0.3) is 0 Å². The summed E-state index contributed by atoms with van der Waals surface area (Å²) in [5, 5.41) is 4.29. The lowest BCUT2D eigenvalue weighted by Gasteiger charge is -2.31. The van der Waals surface area contributed by atoms with Crippen molar-refractivity contribution in [1.82, 2.24) is 29.0 Å². The van der Waals surface area contributed by atoms with Gasteiger partial charge in [-0.05, 0) is 51.3 Å². The van der Waals surface area contributed by atoms with Gasteiger partial charge in [0.15, 0.2) is 0 Å². The van der Waals surface area contributed by atoms with Gasteiger partial charge in [0.2, 0.25) is 10.0 Å². The summed E-state index contributed by atoms with van der Waals surface area (Å²) in [5.74, 6) is 0.221. The summed E-state index contributed by atoms with van der Waals surface area (Å²) in [6.45, 7) is 7.26. The van der Waals surface area contributed by atoms with Gasteiger partial charge in [-0.25, -0.2) is 18.4 Å². The molecule has 0 aromatic carbocycles. The first-order chi connectivity index (χ1) is 14.4. The van der Waals surface area contributed by atoms with Crippen LogP contribution in [0.5, 0.6) is 0 Å². The normalized spacial score (nSPS) is 16.1. The van der Waals surface area contributed by atoms with Gasteiger partial charge in [0.05, 0.1) is 5.69 Å². The molecule has 3 aromatic heterocycles. The zero-order chi connectivity index (χ0) is 21.3. The molecule has 0 bridgehead atoms. The smallest absolute Gasteiger partial charge is 0.246 e. The molecule has 0 N–H and O–H groups in total. The Bertz CT molecular complexity index is 1140. The highest BCUT2D eigenvalue weighted by molar-refractivity contribution is 7.89. The number of piperidine rings is 1. The molecule has 3 aromatic rings. The summed E-state index contributed by atoms with van der Waals surface area (Å²) in [5.41, 5.74) is 4.47. The summed E-state index contributed by atoms with van der Waals surface area (Å²) < 4.78 is 29.5. The zero-order valence-electron chi connectivity index (χ0n) is 17.5. The number of pyridine rings is 1. The second-order valence-corrected chi connectivity index (χ2v) is 9.57. The Hall–Kier alpha value is -2.65. The van der Waals surface area contributed by atoms with Crippen LogP contribution in [0.15, 0.2) is 41.9 Å². The number of hydrogen-bond acceptors (Lipinski definition) is 6. The molecule has 1 fully saturated rings. The van der Waals surface area contributed by atoms with E-state index < -0.39 is 10.0 Å². The molecule has 0 spiro atoms. The number of sulfonamides is 1. The predicted octanol–water partition coefficient (Wildman–Crippen LogP) is 2.94. The second-order valence-electron chi connectivity index (χ2n) is 7.66. The molecular weight excluding hydrogens is 400 g/mol. The minimum absolute atomic E-state index is 0.221. The van der Waals surface area contributed by atoms with Gasteiger partial charge in [-0.3, -0.25) is 9.67 Å². The maximum absolute atomic E-state index is 13.1. The maximum atomic E-state index is 13.1. The Kier molecular flexibility index (Phi) is 5.66.